The van der Waals surface area contributed by atoms with Crippen molar-refractivity contribution in [1.29, 1.82) is 0 Å². The van der Waals surface area contributed by atoms with Crippen LogP contribution in [0, 0.1) is 5.92 Å². The molecule has 18 heavy (non-hydrogen) atoms. The second-order valence-corrected chi connectivity index (χ2v) is 8.08. The quantitative estimate of drug-likeness (QED) is 0.886. The fraction of sp³-hybridized carbons (Fsp3) is 0.600. The van der Waals surface area contributed by atoms with Gasteiger partial charge in [-0.15, -0.1) is 0 Å². The van der Waals surface area contributed by atoms with Crippen LogP contribution < -0.4 is 4.72 Å². The Bertz CT molecular complexity index is 406. The molecule has 3 heteroatoms. The zero-order valence-electron chi connectivity index (χ0n) is 11.5. The highest BCUT2D eigenvalue weighted by Crippen LogP contribution is 2.38. The summed E-state index contributed by atoms with van der Waals surface area (Å²) in [5.41, 5.74) is 1.26. The second-order valence-electron chi connectivity index (χ2n) is 6.08. The summed E-state index contributed by atoms with van der Waals surface area (Å²) in [6.45, 7) is 6.04. The van der Waals surface area contributed by atoms with E-state index >= 15 is 0 Å². The van der Waals surface area contributed by atoms with Crippen molar-refractivity contribution >= 4 is 11.0 Å². The molecule has 1 fully saturated rings. The van der Waals surface area contributed by atoms with Crippen LogP contribution in [0.25, 0.3) is 0 Å². The Kier molecular flexibility index (Phi) is 4.23. The maximum Gasteiger partial charge on any atom is 0.0976 e. The van der Waals surface area contributed by atoms with Crippen LogP contribution in [0.3, 0.4) is 0 Å². The van der Waals surface area contributed by atoms with E-state index in [1.165, 1.54) is 24.8 Å². The summed E-state index contributed by atoms with van der Waals surface area (Å²) in [6, 6.07) is 10.7. The first kappa shape index (κ1) is 13.8. The molecule has 1 saturated carbocycles. The second kappa shape index (κ2) is 5.54. The van der Waals surface area contributed by atoms with Gasteiger partial charge in [0.2, 0.25) is 0 Å². The van der Waals surface area contributed by atoms with Gasteiger partial charge in [-0.3, -0.25) is 0 Å². The number of rotatable bonds is 4. The number of hydrogen-bond acceptors (Lipinski definition) is 1. The van der Waals surface area contributed by atoms with E-state index in [0.717, 1.165) is 0 Å². The molecule has 0 amide bonds. The molecule has 1 aromatic carbocycles. The molecule has 0 aliphatic heterocycles. The van der Waals surface area contributed by atoms with E-state index in [1.807, 2.05) is 26.8 Å². The van der Waals surface area contributed by atoms with Crippen LogP contribution in [0.15, 0.2) is 30.3 Å². The molecule has 2 atom stereocenters. The van der Waals surface area contributed by atoms with Crippen LogP contribution in [0.1, 0.15) is 51.6 Å². The van der Waals surface area contributed by atoms with Gasteiger partial charge in [-0.1, -0.05) is 36.8 Å². The largest absolute Gasteiger partial charge is 0.242 e. The molecule has 0 spiro atoms. The van der Waals surface area contributed by atoms with Crippen molar-refractivity contribution < 1.29 is 4.21 Å². The van der Waals surface area contributed by atoms with Crippen LogP contribution in [-0.4, -0.2) is 8.96 Å². The summed E-state index contributed by atoms with van der Waals surface area (Å²) < 4.78 is 15.4. The van der Waals surface area contributed by atoms with Gasteiger partial charge in [-0.2, -0.15) is 0 Å². The highest BCUT2D eigenvalue weighted by Gasteiger charge is 2.32. The molecule has 0 bridgehead atoms. The number of hydrogen-bond donors (Lipinski definition) is 1. The Morgan fingerprint density at radius 2 is 1.83 bits per heavy atom. The minimum Gasteiger partial charge on any atom is -0.242 e. The summed E-state index contributed by atoms with van der Waals surface area (Å²) in [5.74, 6) is 0.638. The van der Waals surface area contributed by atoms with Gasteiger partial charge in [0.05, 0.1) is 15.7 Å². The topological polar surface area (TPSA) is 29.1 Å². The molecule has 1 aliphatic carbocycles. The third-order valence-electron chi connectivity index (χ3n) is 3.57. The first-order valence-corrected chi connectivity index (χ1v) is 7.86. The predicted octanol–water partition coefficient (Wildman–Crippen LogP) is 3.58. The van der Waals surface area contributed by atoms with Gasteiger partial charge in [0, 0.05) is 6.04 Å². The molecule has 0 saturated heterocycles. The normalized spacial score (nSPS) is 20.2. The molecule has 0 unspecified atom stereocenters. The standard InChI is InChI=1S/C15H23NOS/c1-15(2,3)18(17)16-14(13-10-7-11-13)12-8-5-4-6-9-12/h4-6,8-9,13-14,16H,7,10-11H2,1-3H3/t14-,18+/m1/s1. The third kappa shape index (κ3) is 3.21. The van der Waals surface area contributed by atoms with E-state index < -0.39 is 11.0 Å². The van der Waals surface area contributed by atoms with Crippen molar-refractivity contribution in [3.05, 3.63) is 35.9 Å². The molecule has 100 valence electrons. The molecular weight excluding hydrogens is 242 g/mol. The summed E-state index contributed by atoms with van der Waals surface area (Å²) in [4.78, 5) is 0. The molecule has 0 radical (unpaired) electrons. The highest BCUT2D eigenvalue weighted by atomic mass is 32.2. The summed E-state index contributed by atoms with van der Waals surface area (Å²) in [5, 5.41) is 0. The van der Waals surface area contributed by atoms with E-state index in [2.05, 4.69) is 29.0 Å². The predicted molar refractivity (Wildman–Crippen MR) is 77.6 cm³/mol. The molecule has 1 aromatic rings. The maximum atomic E-state index is 12.3. The monoisotopic (exact) mass is 265 g/mol. The Labute approximate surface area is 113 Å². The van der Waals surface area contributed by atoms with Crippen molar-refractivity contribution in [1.82, 2.24) is 4.72 Å². The van der Waals surface area contributed by atoms with Crippen LogP contribution in [0.5, 0.6) is 0 Å². The summed E-state index contributed by atoms with van der Waals surface area (Å²) >= 11 is 0. The van der Waals surface area contributed by atoms with Gasteiger partial charge < -0.3 is 0 Å². The average molecular weight is 265 g/mol. The highest BCUT2D eigenvalue weighted by molar-refractivity contribution is 7.84. The Hall–Kier alpha value is -0.670. The molecule has 2 rings (SSSR count). The zero-order chi connectivity index (χ0) is 13.2. The van der Waals surface area contributed by atoms with Crippen molar-refractivity contribution in [3.63, 3.8) is 0 Å². The molecule has 0 aromatic heterocycles. The average Bonchev–Trinajstić information content (AvgIpc) is 2.25. The molecule has 2 nitrogen and oxygen atoms in total. The molecule has 0 heterocycles. The van der Waals surface area contributed by atoms with E-state index in [1.54, 1.807) is 0 Å². The van der Waals surface area contributed by atoms with Crippen molar-refractivity contribution in [2.45, 2.75) is 50.8 Å². The van der Waals surface area contributed by atoms with Crippen molar-refractivity contribution in [2.75, 3.05) is 0 Å². The minimum absolute atomic E-state index is 0.212. The van der Waals surface area contributed by atoms with Gasteiger partial charge in [-0.05, 0) is 45.1 Å². The maximum absolute atomic E-state index is 12.3. The van der Waals surface area contributed by atoms with Crippen molar-refractivity contribution in [2.24, 2.45) is 5.92 Å². The smallest absolute Gasteiger partial charge is 0.0976 e. The third-order valence-corrected chi connectivity index (χ3v) is 5.15. The minimum atomic E-state index is -1.01. The molecule has 1 aliphatic rings. The first-order chi connectivity index (χ1) is 8.48. The fourth-order valence-corrected chi connectivity index (χ4v) is 3.07. The number of benzene rings is 1. The Balaban J connectivity index is 2.14. The van der Waals surface area contributed by atoms with Crippen molar-refractivity contribution in [3.8, 4) is 0 Å². The van der Waals surface area contributed by atoms with Crippen LogP contribution in [0.4, 0.5) is 0 Å². The van der Waals surface area contributed by atoms with E-state index in [-0.39, 0.29) is 10.8 Å². The first-order valence-electron chi connectivity index (χ1n) is 6.71. The van der Waals surface area contributed by atoms with Gasteiger partial charge in [-0.25, -0.2) is 8.93 Å². The van der Waals surface area contributed by atoms with Gasteiger partial charge in [0.1, 0.15) is 0 Å². The Morgan fingerprint density at radius 1 is 1.22 bits per heavy atom. The zero-order valence-corrected chi connectivity index (χ0v) is 12.3. The van der Waals surface area contributed by atoms with Crippen LogP contribution in [0.2, 0.25) is 0 Å². The van der Waals surface area contributed by atoms with E-state index in [9.17, 15) is 4.21 Å². The lowest BCUT2D eigenvalue weighted by Crippen LogP contribution is -2.40. The summed E-state index contributed by atoms with van der Waals surface area (Å²) in [6.07, 6.45) is 3.79. The summed E-state index contributed by atoms with van der Waals surface area (Å²) in [7, 11) is -1.01. The lowest BCUT2D eigenvalue weighted by Gasteiger charge is -2.35. The fourth-order valence-electron chi connectivity index (χ4n) is 2.16. The molecule has 1 N–H and O–H groups in total. The van der Waals surface area contributed by atoms with Gasteiger partial charge in [0.25, 0.3) is 0 Å². The van der Waals surface area contributed by atoms with Crippen LogP contribution >= 0.6 is 0 Å². The Morgan fingerprint density at radius 3 is 2.28 bits per heavy atom. The van der Waals surface area contributed by atoms with Crippen LogP contribution in [-0.2, 0) is 11.0 Å². The number of nitrogens with one attached hydrogen (secondary N) is 1. The SMILES string of the molecule is CC(C)(C)[S@](=O)N[C@H](c1ccccc1)C1CCC1. The lowest BCUT2D eigenvalue weighted by molar-refractivity contribution is 0.252. The lowest BCUT2D eigenvalue weighted by atomic mass is 9.77. The van der Waals surface area contributed by atoms with E-state index in [0.29, 0.717) is 5.92 Å². The van der Waals surface area contributed by atoms with Gasteiger partial charge >= 0.3 is 0 Å². The van der Waals surface area contributed by atoms with Gasteiger partial charge in [0.15, 0.2) is 0 Å². The molecular formula is C15H23NOS. The van der Waals surface area contributed by atoms with E-state index in [4.69, 9.17) is 0 Å².